The average molecular weight is 176 g/mol. The highest BCUT2D eigenvalue weighted by Gasteiger charge is 2.07. The van der Waals surface area contributed by atoms with E-state index in [1.165, 1.54) is 6.07 Å². The van der Waals surface area contributed by atoms with Crippen molar-refractivity contribution in [3.05, 3.63) is 28.5 Å². The molecule has 0 bridgehead atoms. The normalized spacial score (nSPS) is 10.1. The first-order chi connectivity index (χ1) is 5.16. The molecule has 0 saturated carbocycles. The molecule has 1 rings (SSSR count). The number of rotatable bonds is 1. The van der Waals surface area contributed by atoms with Crippen LogP contribution in [0.15, 0.2) is 12.1 Å². The van der Waals surface area contributed by atoms with Gasteiger partial charge in [-0.15, -0.1) is 0 Å². The summed E-state index contributed by atoms with van der Waals surface area (Å²) in [6.07, 6.45) is 0. The first-order valence-electron chi connectivity index (χ1n) is 3.00. The maximum Gasteiger partial charge on any atom is 0.142 e. The van der Waals surface area contributed by atoms with Crippen molar-refractivity contribution in [3.63, 3.8) is 0 Å². The van der Waals surface area contributed by atoms with Crippen LogP contribution in [-0.2, 0) is 6.61 Å². The molecule has 2 nitrogen and oxygen atoms in total. The molecule has 11 heavy (non-hydrogen) atoms. The molecular formula is C7H7ClFNO. The molecule has 60 valence electrons. The van der Waals surface area contributed by atoms with Gasteiger partial charge in [-0.05, 0) is 12.1 Å². The van der Waals surface area contributed by atoms with Gasteiger partial charge in [-0.1, -0.05) is 11.6 Å². The summed E-state index contributed by atoms with van der Waals surface area (Å²) in [7, 11) is 0. The van der Waals surface area contributed by atoms with E-state index in [0.717, 1.165) is 6.07 Å². The third-order valence-electron chi connectivity index (χ3n) is 1.39. The third-order valence-corrected chi connectivity index (χ3v) is 1.80. The molecule has 0 unspecified atom stereocenters. The molecule has 0 fully saturated rings. The third kappa shape index (κ3) is 1.44. The molecule has 0 spiro atoms. The SMILES string of the molecule is Nc1ccc(F)c(Cl)c1CO. The van der Waals surface area contributed by atoms with Crippen molar-refractivity contribution in [1.29, 1.82) is 0 Å². The molecule has 0 aliphatic heterocycles. The van der Waals surface area contributed by atoms with Crippen LogP contribution < -0.4 is 5.73 Å². The number of anilines is 1. The van der Waals surface area contributed by atoms with Gasteiger partial charge in [0.1, 0.15) is 5.82 Å². The zero-order valence-corrected chi connectivity index (χ0v) is 6.40. The lowest BCUT2D eigenvalue weighted by molar-refractivity contribution is 0.282. The highest BCUT2D eigenvalue weighted by molar-refractivity contribution is 6.31. The second kappa shape index (κ2) is 3.07. The number of aliphatic hydroxyl groups is 1. The lowest BCUT2D eigenvalue weighted by atomic mass is 10.2. The Kier molecular flexibility index (Phi) is 2.31. The van der Waals surface area contributed by atoms with Gasteiger partial charge >= 0.3 is 0 Å². The predicted molar refractivity (Wildman–Crippen MR) is 41.7 cm³/mol. The molecule has 0 aromatic heterocycles. The van der Waals surface area contributed by atoms with Crippen molar-refractivity contribution in [2.45, 2.75) is 6.61 Å². The second-order valence-corrected chi connectivity index (χ2v) is 2.47. The standard InChI is InChI=1S/C7H7ClFNO/c8-7-4(3-11)6(10)2-1-5(7)9/h1-2,11H,3,10H2. The summed E-state index contributed by atoms with van der Waals surface area (Å²) < 4.78 is 12.6. The van der Waals surface area contributed by atoms with Gasteiger partial charge in [0.2, 0.25) is 0 Å². The van der Waals surface area contributed by atoms with Gasteiger partial charge in [-0.25, -0.2) is 4.39 Å². The van der Waals surface area contributed by atoms with E-state index >= 15 is 0 Å². The van der Waals surface area contributed by atoms with Crippen LogP contribution in [0, 0.1) is 5.82 Å². The molecule has 4 heteroatoms. The van der Waals surface area contributed by atoms with Gasteiger partial charge in [0.25, 0.3) is 0 Å². The number of halogens is 2. The minimum absolute atomic E-state index is 0.104. The van der Waals surface area contributed by atoms with Gasteiger partial charge in [-0.3, -0.25) is 0 Å². The molecule has 1 aromatic carbocycles. The van der Waals surface area contributed by atoms with Gasteiger partial charge in [0, 0.05) is 11.3 Å². The summed E-state index contributed by atoms with van der Waals surface area (Å²) in [4.78, 5) is 0. The minimum atomic E-state index is -0.565. The van der Waals surface area contributed by atoms with Crippen molar-refractivity contribution in [2.75, 3.05) is 5.73 Å². The number of nitrogen functional groups attached to an aromatic ring is 1. The van der Waals surface area contributed by atoms with Gasteiger partial charge in [-0.2, -0.15) is 0 Å². The van der Waals surface area contributed by atoms with E-state index in [4.69, 9.17) is 22.4 Å². The number of benzene rings is 1. The minimum Gasteiger partial charge on any atom is -0.398 e. The number of hydrogen-bond donors (Lipinski definition) is 2. The van der Waals surface area contributed by atoms with Crippen molar-refractivity contribution in [2.24, 2.45) is 0 Å². The Morgan fingerprint density at radius 3 is 2.64 bits per heavy atom. The van der Waals surface area contributed by atoms with Crippen LogP contribution in [0.1, 0.15) is 5.56 Å². The molecule has 0 aliphatic rings. The molecule has 0 atom stereocenters. The topological polar surface area (TPSA) is 46.2 Å². The fraction of sp³-hybridized carbons (Fsp3) is 0.143. The smallest absolute Gasteiger partial charge is 0.142 e. The lowest BCUT2D eigenvalue weighted by Crippen LogP contribution is -1.96. The second-order valence-electron chi connectivity index (χ2n) is 2.09. The van der Waals surface area contributed by atoms with Gasteiger partial charge < -0.3 is 10.8 Å². The molecule has 0 radical (unpaired) electrons. The van der Waals surface area contributed by atoms with Crippen molar-refractivity contribution in [3.8, 4) is 0 Å². The largest absolute Gasteiger partial charge is 0.398 e. The van der Waals surface area contributed by atoms with E-state index in [2.05, 4.69) is 0 Å². The molecule has 0 heterocycles. The number of aliphatic hydroxyl groups excluding tert-OH is 1. The fourth-order valence-corrected chi connectivity index (χ4v) is 1.00. The van der Waals surface area contributed by atoms with Crippen molar-refractivity contribution >= 4 is 17.3 Å². The zero-order valence-electron chi connectivity index (χ0n) is 5.64. The highest BCUT2D eigenvalue weighted by atomic mass is 35.5. The van der Waals surface area contributed by atoms with Crippen LogP contribution in [0.3, 0.4) is 0 Å². The van der Waals surface area contributed by atoms with Crippen LogP contribution in [-0.4, -0.2) is 5.11 Å². The molecule has 1 aromatic rings. The Balaban J connectivity index is 3.29. The number of hydrogen-bond acceptors (Lipinski definition) is 2. The Labute approximate surface area is 68.4 Å². The Bertz CT molecular complexity index is 277. The maximum atomic E-state index is 12.6. The van der Waals surface area contributed by atoms with Crippen LogP contribution >= 0.6 is 11.6 Å². The summed E-state index contributed by atoms with van der Waals surface area (Å²) in [6, 6.07) is 2.53. The summed E-state index contributed by atoms with van der Waals surface area (Å²) in [5, 5.41) is 8.59. The van der Waals surface area contributed by atoms with E-state index < -0.39 is 5.82 Å². The summed E-state index contributed by atoms with van der Waals surface area (Å²) in [5.41, 5.74) is 5.94. The van der Waals surface area contributed by atoms with Gasteiger partial charge in [0.15, 0.2) is 0 Å². The van der Waals surface area contributed by atoms with E-state index in [1.54, 1.807) is 0 Å². The quantitative estimate of drug-likeness (QED) is 0.637. The Morgan fingerprint density at radius 2 is 2.18 bits per heavy atom. The molecule has 0 amide bonds. The van der Waals surface area contributed by atoms with Crippen molar-refractivity contribution in [1.82, 2.24) is 0 Å². The van der Waals surface area contributed by atoms with Crippen LogP contribution in [0.25, 0.3) is 0 Å². The highest BCUT2D eigenvalue weighted by Crippen LogP contribution is 2.24. The molecular weight excluding hydrogens is 169 g/mol. The first-order valence-corrected chi connectivity index (χ1v) is 3.38. The molecule has 0 saturated heterocycles. The molecule has 3 N–H and O–H groups in total. The lowest BCUT2D eigenvalue weighted by Gasteiger charge is -2.04. The summed E-state index contributed by atoms with van der Waals surface area (Å²) in [5.74, 6) is -0.565. The first kappa shape index (κ1) is 8.30. The maximum absolute atomic E-state index is 12.6. The van der Waals surface area contributed by atoms with Gasteiger partial charge in [0.05, 0.1) is 11.6 Å². The fourth-order valence-electron chi connectivity index (χ4n) is 0.768. The summed E-state index contributed by atoms with van der Waals surface area (Å²) in [6.45, 7) is -0.345. The van der Waals surface area contributed by atoms with Crippen molar-refractivity contribution < 1.29 is 9.50 Å². The Hall–Kier alpha value is -0.800. The van der Waals surface area contributed by atoms with E-state index in [0.29, 0.717) is 5.69 Å². The van der Waals surface area contributed by atoms with E-state index in [1.807, 2.05) is 0 Å². The number of nitrogens with two attached hydrogens (primary N) is 1. The predicted octanol–water partition coefficient (Wildman–Crippen LogP) is 1.55. The summed E-state index contributed by atoms with van der Waals surface area (Å²) >= 11 is 5.48. The monoisotopic (exact) mass is 175 g/mol. The molecule has 0 aliphatic carbocycles. The van der Waals surface area contributed by atoms with E-state index in [9.17, 15) is 4.39 Å². The average Bonchev–Trinajstić information content (AvgIpc) is 1.99. The van der Waals surface area contributed by atoms with Crippen LogP contribution in [0.4, 0.5) is 10.1 Å². The van der Waals surface area contributed by atoms with Crippen LogP contribution in [0.5, 0.6) is 0 Å². The van der Waals surface area contributed by atoms with E-state index in [-0.39, 0.29) is 17.2 Å². The van der Waals surface area contributed by atoms with Crippen LogP contribution in [0.2, 0.25) is 5.02 Å². The zero-order chi connectivity index (χ0) is 8.43. The Morgan fingerprint density at radius 1 is 1.55 bits per heavy atom.